The van der Waals surface area contributed by atoms with E-state index in [1.807, 2.05) is 0 Å². The van der Waals surface area contributed by atoms with Crippen molar-refractivity contribution in [1.29, 1.82) is 0 Å². The van der Waals surface area contributed by atoms with Crippen LogP contribution in [0.4, 0.5) is 0 Å². The molecule has 1 fully saturated rings. The lowest BCUT2D eigenvalue weighted by molar-refractivity contribution is 0.0416. The number of nitrogens with zero attached hydrogens (tertiary/aromatic N) is 1. The zero-order valence-electron chi connectivity index (χ0n) is 10.8. The van der Waals surface area contributed by atoms with Gasteiger partial charge in [0.2, 0.25) is 0 Å². The maximum Gasteiger partial charge on any atom is 0.0332 e. The van der Waals surface area contributed by atoms with Crippen molar-refractivity contribution in [3.05, 3.63) is 11.6 Å². The molecule has 94 valence electrons. The third-order valence-electron chi connectivity index (χ3n) is 4.06. The van der Waals surface area contributed by atoms with Crippen LogP contribution in [-0.2, 0) is 0 Å². The van der Waals surface area contributed by atoms with Gasteiger partial charge in [0.1, 0.15) is 0 Å². The summed E-state index contributed by atoms with van der Waals surface area (Å²) in [4.78, 5) is 2.59. The first kappa shape index (κ1) is 14.0. The first-order valence-electron chi connectivity index (χ1n) is 6.46. The Morgan fingerprint density at radius 2 is 2.06 bits per heavy atom. The molecule has 1 N–H and O–H groups in total. The molecule has 1 aliphatic rings. The van der Waals surface area contributed by atoms with Crippen molar-refractivity contribution in [3.63, 3.8) is 0 Å². The van der Waals surface area contributed by atoms with Crippen LogP contribution in [0.2, 0.25) is 0 Å². The van der Waals surface area contributed by atoms with E-state index in [1.54, 1.807) is 5.54 Å². The summed E-state index contributed by atoms with van der Waals surface area (Å²) in [6.07, 6.45) is 5.65. The second kappa shape index (κ2) is 6.63. The molecule has 3 heteroatoms. The van der Waals surface area contributed by atoms with E-state index in [1.165, 1.54) is 19.3 Å². The maximum atomic E-state index is 5.65. The lowest BCUT2D eigenvalue weighted by atomic mass is 9.87. The summed E-state index contributed by atoms with van der Waals surface area (Å²) in [7, 11) is 0. The lowest BCUT2D eigenvalue weighted by Gasteiger charge is -2.49. The van der Waals surface area contributed by atoms with Crippen molar-refractivity contribution < 1.29 is 0 Å². The molecule has 0 bridgehead atoms. The molecule has 0 saturated carbocycles. The van der Waals surface area contributed by atoms with Crippen molar-refractivity contribution in [1.82, 2.24) is 10.2 Å². The van der Waals surface area contributed by atoms with Crippen LogP contribution in [0.25, 0.3) is 0 Å². The largest absolute Gasteiger partial charge is 0.311 e. The fourth-order valence-corrected chi connectivity index (χ4v) is 2.71. The van der Waals surface area contributed by atoms with Gasteiger partial charge in [0.15, 0.2) is 0 Å². The van der Waals surface area contributed by atoms with E-state index in [0.717, 1.165) is 19.6 Å². The van der Waals surface area contributed by atoms with E-state index in [0.29, 0.717) is 11.6 Å². The van der Waals surface area contributed by atoms with Gasteiger partial charge in [-0.05, 0) is 19.3 Å². The van der Waals surface area contributed by atoms with Crippen LogP contribution in [0, 0.1) is 0 Å². The predicted octanol–water partition coefficient (Wildman–Crippen LogP) is 2.98. The molecule has 1 aliphatic heterocycles. The number of halogens is 1. The average Bonchev–Trinajstić information content (AvgIpc) is 2.36. The minimum Gasteiger partial charge on any atom is -0.311 e. The molecule has 1 unspecified atom stereocenters. The van der Waals surface area contributed by atoms with Gasteiger partial charge in [0.05, 0.1) is 0 Å². The van der Waals surface area contributed by atoms with Crippen LogP contribution in [0.15, 0.2) is 11.6 Å². The van der Waals surface area contributed by atoms with E-state index in [-0.39, 0.29) is 0 Å². The molecule has 1 atom stereocenters. The van der Waals surface area contributed by atoms with E-state index in [4.69, 9.17) is 11.6 Å². The molecule has 0 aromatic rings. The van der Waals surface area contributed by atoms with Crippen molar-refractivity contribution in [3.8, 4) is 0 Å². The molecule has 0 radical (unpaired) electrons. The SMILES string of the molecule is CCC1CN(C/C=C/Cl)C(CC)(CC)CN1. The van der Waals surface area contributed by atoms with Gasteiger partial charge in [-0.25, -0.2) is 0 Å². The third kappa shape index (κ3) is 2.99. The average molecular weight is 245 g/mol. The summed E-state index contributed by atoms with van der Waals surface area (Å²) in [6, 6.07) is 0.634. The summed E-state index contributed by atoms with van der Waals surface area (Å²) in [6.45, 7) is 10.0. The molecule has 0 aromatic carbocycles. The highest BCUT2D eigenvalue weighted by Crippen LogP contribution is 2.27. The Morgan fingerprint density at radius 3 is 2.56 bits per heavy atom. The number of nitrogens with one attached hydrogen (secondary N) is 1. The summed E-state index contributed by atoms with van der Waals surface area (Å²) < 4.78 is 0. The van der Waals surface area contributed by atoms with Gasteiger partial charge in [-0.3, -0.25) is 4.90 Å². The Morgan fingerprint density at radius 1 is 1.38 bits per heavy atom. The molecule has 0 aliphatic carbocycles. The van der Waals surface area contributed by atoms with Crippen LogP contribution >= 0.6 is 11.6 Å². The van der Waals surface area contributed by atoms with Crippen LogP contribution in [-0.4, -0.2) is 36.1 Å². The van der Waals surface area contributed by atoms with Gasteiger partial charge in [-0.2, -0.15) is 0 Å². The van der Waals surface area contributed by atoms with E-state index < -0.39 is 0 Å². The highest BCUT2D eigenvalue weighted by Gasteiger charge is 2.37. The fraction of sp³-hybridized carbons (Fsp3) is 0.846. The van der Waals surface area contributed by atoms with Crippen LogP contribution in [0.1, 0.15) is 40.0 Å². The van der Waals surface area contributed by atoms with Crippen molar-refractivity contribution in [2.24, 2.45) is 0 Å². The molecule has 1 saturated heterocycles. The summed E-state index contributed by atoms with van der Waals surface area (Å²) in [5, 5.41) is 3.67. The first-order chi connectivity index (χ1) is 7.72. The topological polar surface area (TPSA) is 15.3 Å². The smallest absolute Gasteiger partial charge is 0.0332 e. The number of hydrogen-bond donors (Lipinski definition) is 1. The second-order valence-corrected chi connectivity index (χ2v) is 4.94. The minimum absolute atomic E-state index is 0.321. The van der Waals surface area contributed by atoms with Gasteiger partial charge in [-0.15, -0.1) is 0 Å². The molecule has 1 rings (SSSR count). The Kier molecular flexibility index (Phi) is 5.81. The minimum atomic E-state index is 0.321. The molecule has 1 heterocycles. The standard InChI is InChI=1S/C13H25ClN2/c1-4-12-10-16(9-7-8-14)13(5-2,6-3)11-15-12/h7-8,12,15H,4-6,9-11H2,1-3H3/b8-7+. The molecule has 0 amide bonds. The Bertz CT molecular complexity index is 224. The Labute approximate surface area is 105 Å². The van der Waals surface area contributed by atoms with E-state index in [2.05, 4.69) is 37.1 Å². The Balaban J connectivity index is 2.73. The van der Waals surface area contributed by atoms with E-state index in [9.17, 15) is 0 Å². The van der Waals surface area contributed by atoms with Crippen molar-refractivity contribution in [2.75, 3.05) is 19.6 Å². The molecule has 0 spiro atoms. The van der Waals surface area contributed by atoms with Gasteiger partial charge < -0.3 is 5.32 Å². The van der Waals surface area contributed by atoms with Crippen LogP contribution in [0.3, 0.4) is 0 Å². The Hall–Kier alpha value is -0.0500. The van der Waals surface area contributed by atoms with Gasteiger partial charge in [-0.1, -0.05) is 38.4 Å². The molecular formula is C13H25ClN2. The van der Waals surface area contributed by atoms with Crippen LogP contribution in [0.5, 0.6) is 0 Å². The molecule has 16 heavy (non-hydrogen) atoms. The fourth-order valence-electron chi connectivity index (χ4n) is 2.63. The van der Waals surface area contributed by atoms with Crippen molar-refractivity contribution >= 4 is 11.6 Å². The zero-order valence-corrected chi connectivity index (χ0v) is 11.6. The monoisotopic (exact) mass is 244 g/mol. The highest BCUT2D eigenvalue weighted by atomic mass is 35.5. The normalized spacial score (nSPS) is 26.4. The lowest BCUT2D eigenvalue weighted by Crippen LogP contribution is -2.64. The maximum absolute atomic E-state index is 5.65. The number of rotatable bonds is 5. The highest BCUT2D eigenvalue weighted by molar-refractivity contribution is 6.25. The van der Waals surface area contributed by atoms with Gasteiger partial charge in [0, 0.05) is 36.8 Å². The predicted molar refractivity (Wildman–Crippen MR) is 72.0 cm³/mol. The first-order valence-corrected chi connectivity index (χ1v) is 6.89. The summed E-state index contributed by atoms with van der Waals surface area (Å²) in [5.74, 6) is 0. The zero-order chi connectivity index (χ0) is 12.0. The molecule has 2 nitrogen and oxygen atoms in total. The third-order valence-corrected chi connectivity index (χ3v) is 4.23. The quantitative estimate of drug-likeness (QED) is 0.800. The second-order valence-electron chi connectivity index (χ2n) is 4.68. The number of hydrogen-bond acceptors (Lipinski definition) is 2. The van der Waals surface area contributed by atoms with Crippen molar-refractivity contribution in [2.45, 2.75) is 51.6 Å². The van der Waals surface area contributed by atoms with Crippen LogP contribution < -0.4 is 5.32 Å². The molecular weight excluding hydrogens is 220 g/mol. The number of piperazine rings is 1. The summed E-state index contributed by atoms with van der Waals surface area (Å²) in [5.41, 5.74) is 1.96. The van der Waals surface area contributed by atoms with Gasteiger partial charge >= 0.3 is 0 Å². The van der Waals surface area contributed by atoms with E-state index >= 15 is 0 Å². The van der Waals surface area contributed by atoms with Gasteiger partial charge in [0.25, 0.3) is 0 Å². The molecule has 0 aromatic heterocycles. The summed E-state index contributed by atoms with van der Waals surface area (Å²) >= 11 is 5.65.